The van der Waals surface area contributed by atoms with Crippen LogP contribution in [0.1, 0.15) is 29.7 Å². The van der Waals surface area contributed by atoms with Crippen molar-refractivity contribution in [3.05, 3.63) is 34.2 Å². The fourth-order valence-electron chi connectivity index (χ4n) is 4.20. The molecule has 3 aliphatic rings. The molecular formula is C22H30N8O2S. The minimum atomic E-state index is -0.432. The van der Waals surface area contributed by atoms with Gasteiger partial charge < -0.3 is 20.7 Å². The first-order valence-electron chi connectivity index (χ1n) is 10.9. The monoisotopic (exact) mass is 470 g/mol. The molecule has 0 bridgehead atoms. The number of methoxy groups -OCH3 is 1. The van der Waals surface area contributed by atoms with Crippen LogP contribution in [0.25, 0.3) is 0 Å². The van der Waals surface area contributed by atoms with E-state index in [0.717, 1.165) is 58.8 Å². The smallest absolute Gasteiger partial charge is 0.239 e. The van der Waals surface area contributed by atoms with Crippen molar-refractivity contribution in [2.45, 2.75) is 38.5 Å². The van der Waals surface area contributed by atoms with Crippen LogP contribution >= 0.6 is 11.9 Å². The van der Waals surface area contributed by atoms with Gasteiger partial charge in [0.1, 0.15) is 23.3 Å². The van der Waals surface area contributed by atoms with Gasteiger partial charge in [0.05, 0.1) is 18.5 Å². The van der Waals surface area contributed by atoms with Crippen molar-refractivity contribution in [2.24, 2.45) is 20.3 Å². The number of aryl methyl sites for hydroxylation is 1. The second-order valence-electron chi connectivity index (χ2n) is 8.53. The number of amidine groups is 1. The molecule has 4 rings (SSSR count). The molecule has 1 aromatic rings. The number of hydrogen-bond donors (Lipinski definition) is 2. The molecule has 1 aromatic heterocycles. The largest absolute Gasteiger partial charge is 0.496 e. The number of aromatic nitrogens is 1. The van der Waals surface area contributed by atoms with Gasteiger partial charge in [-0.05, 0) is 58.3 Å². The number of nitrogens with zero attached hydrogens (tertiary/aromatic N) is 6. The van der Waals surface area contributed by atoms with Crippen LogP contribution in [0.4, 0.5) is 0 Å². The maximum absolute atomic E-state index is 12.9. The lowest BCUT2D eigenvalue weighted by atomic mass is 10.0. The van der Waals surface area contributed by atoms with E-state index in [4.69, 9.17) is 20.7 Å². The predicted octanol–water partition coefficient (Wildman–Crippen LogP) is 1.39. The van der Waals surface area contributed by atoms with Crippen molar-refractivity contribution < 1.29 is 9.53 Å². The molecule has 176 valence electrons. The third kappa shape index (κ3) is 4.60. The Morgan fingerprint density at radius 1 is 1.33 bits per heavy atom. The SMILES string of the molecule is COc1c(C)cnc(CN2N=C3CCC4=C3C(=N2)C(N)=NSC4C(=O)NCCN(C)C)c1C. The standard InChI is InChI=1S/C22H30N8O2S/c1-12-10-25-16(13(2)19(12)32-5)11-30-26-15-7-6-14-17(15)18(27-30)21(23)28-33-20(14)22(31)24-8-9-29(3)4/h10,20H,6-9,11H2,1-5H3,(H2,23,28)(H,24,31). The molecule has 3 heterocycles. The summed E-state index contributed by atoms with van der Waals surface area (Å²) in [7, 11) is 5.61. The van der Waals surface area contributed by atoms with Gasteiger partial charge in [0, 0.05) is 36.0 Å². The zero-order valence-corrected chi connectivity index (χ0v) is 20.5. The third-order valence-electron chi connectivity index (χ3n) is 5.88. The van der Waals surface area contributed by atoms with Crippen LogP contribution in [0.15, 0.2) is 31.9 Å². The number of ether oxygens (including phenoxy) is 1. The van der Waals surface area contributed by atoms with E-state index in [0.29, 0.717) is 24.6 Å². The number of likely N-dealkylation sites (N-methyl/N-ethyl adjacent to an activating group) is 1. The normalized spacial score (nSPS) is 19.6. The first-order chi connectivity index (χ1) is 15.8. The van der Waals surface area contributed by atoms with Crippen molar-refractivity contribution >= 4 is 35.1 Å². The van der Waals surface area contributed by atoms with Gasteiger partial charge in [0.2, 0.25) is 5.91 Å². The van der Waals surface area contributed by atoms with Crippen LogP contribution in [-0.2, 0) is 11.3 Å². The molecule has 33 heavy (non-hydrogen) atoms. The highest BCUT2D eigenvalue weighted by Crippen LogP contribution is 2.38. The number of nitrogens with two attached hydrogens (primary N) is 1. The average Bonchev–Trinajstić information content (AvgIpc) is 3.12. The molecule has 11 heteroatoms. The molecule has 0 spiro atoms. The molecular weight excluding hydrogens is 440 g/mol. The fraction of sp³-hybridized carbons (Fsp3) is 0.500. The molecule has 0 aromatic carbocycles. The van der Waals surface area contributed by atoms with Gasteiger partial charge in [-0.2, -0.15) is 19.7 Å². The number of nitrogens with one attached hydrogen (secondary N) is 1. The number of pyridine rings is 1. The molecule has 1 unspecified atom stereocenters. The molecule has 1 aliphatic carbocycles. The van der Waals surface area contributed by atoms with Crippen molar-refractivity contribution in [1.82, 2.24) is 20.3 Å². The number of carbonyl (C=O) groups excluding carboxylic acids is 1. The average molecular weight is 471 g/mol. The lowest BCUT2D eigenvalue weighted by Crippen LogP contribution is -2.38. The molecule has 0 saturated carbocycles. The zero-order chi connectivity index (χ0) is 23.7. The summed E-state index contributed by atoms with van der Waals surface area (Å²) in [4.78, 5) is 19.5. The summed E-state index contributed by atoms with van der Waals surface area (Å²) in [5.74, 6) is 1.06. The highest BCUT2D eigenvalue weighted by molar-refractivity contribution is 7.99. The second kappa shape index (κ2) is 9.52. The van der Waals surface area contributed by atoms with Gasteiger partial charge in [-0.1, -0.05) is 0 Å². The highest BCUT2D eigenvalue weighted by Gasteiger charge is 2.39. The van der Waals surface area contributed by atoms with Crippen LogP contribution in [0.2, 0.25) is 0 Å². The van der Waals surface area contributed by atoms with Crippen LogP contribution in [0.5, 0.6) is 5.75 Å². The number of amides is 1. The van der Waals surface area contributed by atoms with E-state index in [2.05, 4.69) is 14.7 Å². The molecule has 3 N–H and O–H groups in total. The third-order valence-corrected chi connectivity index (χ3v) is 6.89. The molecule has 10 nitrogen and oxygen atoms in total. The molecule has 1 atom stereocenters. The summed E-state index contributed by atoms with van der Waals surface area (Å²) in [6.07, 6.45) is 3.26. The summed E-state index contributed by atoms with van der Waals surface area (Å²) in [5, 5.41) is 13.7. The van der Waals surface area contributed by atoms with Crippen LogP contribution < -0.4 is 15.8 Å². The lowest BCUT2D eigenvalue weighted by Gasteiger charge is -2.23. The molecule has 1 amide bonds. The van der Waals surface area contributed by atoms with Crippen molar-refractivity contribution in [2.75, 3.05) is 34.3 Å². The Bertz CT molecular complexity index is 1090. The van der Waals surface area contributed by atoms with Crippen molar-refractivity contribution in [3.8, 4) is 5.75 Å². The van der Waals surface area contributed by atoms with Gasteiger partial charge in [0.15, 0.2) is 5.84 Å². The molecule has 0 saturated heterocycles. The Labute approximate surface area is 198 Å². The fourth-order valence-corrected chi connectivity index (χ4v) is 5.05. The van der Waals surface area contributed by atoms with E-state index in [-0.39, 0.29) is 5.91 Å². The summed E-state index contributed by atoms with van der Waals surface area (Å²) in [5.41, 5.74) is 12.4. The first-order valence-corrected chi connectivity index (χ1v) is 11.7. The first kappa shape index (κ1) is 23.2. The van der Waals surface area contributed by atoms with E-state index in [1.54, 1.807) is 18.4 Å². The Morgan fingerprint density at radius 3 is 2.85 bits per heavy atom. The summed E-state index contributed by atoms with van der Waals surface area (Å²) < 4.78 is 9.95. The van der Waals surface area contributed by atoms with E-state index in [1.807, 2.05) is 32.8 Å². The second-order valence-corrected chi connectivity index (χ2v) is 9.39. The Hall–Kier alpha value is -2.92. The number of hydrazone groups is 2. The van der Waals surface area contributed by atoms with Crippen LogP contribution in [-0.4, -0.2) is 77.7 Å². The molecule has 2 aliphatic heterocycles. The predicted molar refractivity (Wildman–Crippen MR) is 132 cm³/mol. The minimum Gasteiger partial charge on any atom is -0.496 e. The highest BCUT2D eigenvalue weighted by atomic mass is 32.2. The Morgan fingerprint density at radius 2 is 2.12 bits per heavy atom. The lowest BCUT2D eigenvalue weighted by molar-refractivity contribution is -0.120. The number of hydrogen-bond acceptors (Lipinski definition) is 10. The zero-order valence-electron chi connectivity index (χ0n) is 19.7. The van der Waals surface area contributed by atoms with Crippen LogP contribution in [0.3, 0.4) is 0 Å². The van der Waals surface area contributed by atoms with Gasteiger partial charge in [-0.15, -0.1) is 0 Å². The van der Waals surface area contributed by atoms with Crippen molar-refractivity contribution in [1.29, 1.82) is 0 Å². The van der Waals surface area contributed by atoms with Gasteiger partial charge in [0.25, 0.3) is 0 Å². The number of rotatable bonds is 7. The summed E-state index contributed by atoms with van der Waals surface area (Å²) >= 11 is 1.19. The van der Waals surface area contributed by atoms with Crippen molar-refractivity contribution in [3.63, 3.8) is 0 Å². The Balaban J connectivity index is 1.61. The minimum absolute atomic E-state index is 0.0580. The van der Waals surface area contributed by atoms with E-state index in [1.165, 1.54) is 11.9 Å². The van der Waals surface area contributed by atoms with Gasteiger partial charge >= 0.3 is 0 Å². The van der Waals surface area contributed by atoms with Gasteiger partial charge in [-0.3, -0.25) is 9.78 Å². The van der Waals surface area contributed by atoms with E-state index >= 15 is 0 Å². The van der Waals surface area contributed by atoms with E-state index in [9.17, 15) is 4.79 Å². The topological polar surface area (TPSA) is 121 Å². The van der Waals surface area contributed by atoms with Crippen LogP contribution in [0, 0.1) is 13.8 Å². The molecule has 0 radical (unpaired) electrons. The Kier molecular flexibility index (Phi) is 6.71. The maximum atomic E-state index is 12.9. The van der Waals surface area contributed by atoms with E-state index < -0.39 is 5.25 Å². The molecule has 0 fully saturated rings. The maximum Gasteiger partial charge on any atom is 0.239 e. The quantitative estimate of drug-likeness (QED) is 0.578. The van der Waals surface area contributed by atoms with Gasteiger partial charge in [-0.25, -0.2) is 0 Å². The summed E-state index contributed by atoms with van der Waals surface area (Å²) in [6, 6.07) is 0. The summed E-state index contributed by atoms with van der Waals surface area (Å²) in [6.45, 7) is 5.68. The number of carbonyl (C=O) groups is 1.